The van der Waals surface area contributed by atoms with E-state index in [1.807, 2.05) is 0 Å². The number of hydrogen-bond donors (Lipinski definition) is 4. The number of hydrogen-bond acceptors (Lipinski definition) is 5. The smallest absolute Gasteiger partial charge is 0.337 e. The van der Waals surface area contributed by atoms with Crippen LogP contribution in [0.2, 0.25) is 0 Å². The maximum Gasteiger partial charge on any atom is 0.337 e. The third-order valence-corrected chi connectivity index (χ3v) is 4.47. The van der Waals surface area contributed by atoms with Crippen LogP contribution in [-0.4, -0.2) is 36.7 Å². The summed E-state index contributed by atoms with van der Waals surface area (Å²) in [6, 6.07) is 3.62. The number of nitrogens with one attached hydrogen (secondary N) is 1. The molecule has 0 radical (unpaired) electrons. The van der Waals surface area contributed by atoms with E-state index in [2.05, 4.69) is 5.32 Å². The number of benzene rings is 1. The van der Waals surface area contributed by atoms with Crippen LogP contribution in [0.1, 0.15) is 29.6 Å². The molecule has 0 aliphatic heterocycles. The highest BCUT2D eigenvalue weighted by atomic mass is 32.2. The zero-order valence-electron chi connectivity index (χ0n) is 10.7. The summed E-state index contributed by atoms with van der Waals surface area (Å²) in [6.07, 6.45) is 2.42. The van der Waals surface area contributed by atoms with E-state index < -0.39 is 21.5 Å². The monoisotopic (exact) mass is 300 g/mol. The molecule has 1 saturated carbocycles. The normalized spacial score (nSPS) is 17.3. The van der Waals surface area contributed by atoms with E-state index in [1.165, 1.54) is 12.1 Å². The molecule has 0 unspecified atom stereocenters. The number of aromatic carboxylic acids is 1. The maximum absolute atomic E-state index is 11.3. The molecule has 0 bridgehead atoms. The average Bonchev–Trinajstić information content (AvgIpc) is 2.32. The molecule has 0 spiro atoms. The van der Waals surface area contributed by atoms with Gasteiger partial charge in [-0.1, -0.05) is 0 Å². The van der Waals surface area contributed by atoms with Crippen molar-refractivity contribution in [2.45, 2.75) is 29.7 Å². The van der Waals surface area contributed by atoms with Crippen LogP contribution in [0.25, 0.3) is 0 Å². The van der Waals surface area contributed by atoms with Gasteiger partial charge in [-0.15, -0.1) is 0 Å². The number of anilines is 1. The van der Waals surface area contributed by atoms with E-state index in [-0.39, 0.29) is 22.8 Å². The van der Waals surface area contributed by atoms with Crippen molar-refractivity contribution in [1.29, 1.82) is 0 Å². The highest BCUT2D eigenvalue weighted by Gasteiger charge is 2.37. The van der Waals surface area contributed by atoms with Crippen LogP contribution in [0.15, 0.2) is 23.1 Å². The highest BCUT2D eigenvalue weighted by Crippen LogP contribution is 2.36. The van der Waals surface area contributed by atoms with Crippen molar-refractivity contribution in [2.75, 3.05) is 11.9 Å². The van der Waals surface area contributed by atoms with Gasteiger partial charge in [0.25, 0.3) is 0 Å². The molecule has 0 heterocycles. The summed E-state index contributed by atoms with van der Waals surface area (Å²) < 4.78 is 22.5. The van der Waals surface area contributed by atoms with Crippen molar-refractivity contribution in [3.63, 3.8) is 0 Å². The van der Waals surface area contributed by atoms with E-state index in [4.69, 9.17) is 5.14 Å². The van der Waals surface area contributed by atoms with Crippen molar-refractivity contribution >= 4 is 21.7 Å². The van der Waals surface area contributed by atoms with Gasteiger partial charge in [0, 0.05) is 5.69 Å². The van der Waals surface area contributed by atoms with Crippen LogP contribution in [0.3, 0.4) is 0 Å². The number of rotatable bonds is 5. The second-order valence-corrected chi connectivity index (χ2v) is 6.54. The molecule has 5 N–H and O–H groups in total. The summed E-state index contributed by atoms with van der Waals surface area (Å²) in [5.74, 6) is -1.26. The van der Waals surface area contributed by atoms with Gasteiger partial charge in [-0.05, 0) is 37.5 Å². The number of aliphatic hydroxyl groups is 1. The fourth-order valence-corrected chi connectivity index (χ4v) is 2.74. The zero-order chi connectivity index (χ0) is 15.0. The minimum atomic E-state index is -3.96. The molecule has 0 saturated heterocycles. The molecule has 0 amide bonds. The van der Waals surface area contributed by atoms with Gasteiger partial charge in [0.1, 0.15) is 0 Å². The first-order chi connectivity index (χ1) is 9.27. The van der Waals surface area contributed by atoms with Crippen LogP contribution in [0.4, 0.5) is 5.69 Å². The Morgan fingerprint density at radius 2 is 2.05 bits per heavy atom. The Morgan fingerprint density at radius 1 is 1.40 bits per heavy atom. The third-order valence-electron chi connectivity index (χ3n) is 3.56. The molecule has 1 aromatic rings. The fraction of sp³-hybridized carbons (Fsp3) is 0.417. The van der Waals surface area contributed by atoms with E-state index in [1.54, 1.807) is 0 Å². The van der Waals surface area contributed by atoms with Gasteiger partial charge in [0.05, 0.1) is 22.6 Å². The molecular formula is C12H16N2O5S. The van der Waals surface area contributed by atoms with Crippen LogP contribution >= 0.6 is 0 Å². The zero-order valence-corrected chi connectivity index (χ0v) is 11.5. The quantitative estimate of drug-likeness (QED) is 0.621. The largest absolute Gasteiger partial charge is 0.478 e. The molecule has 1 aliphatic carbocycles. The molecular weight excluding hydrogens is 284 g/mol. The molecule has 20 heavy (non-hydrogen) atoms. The topological polar surface area (TPSA) is 130 Å². The van der Waals surface area contributed by atoms with Gasteiger partial charge in [-0.2, -0.15) is 0 Å². The maximum atomic E-state index is 11.3. The summed E-state index contributed by atoms with van der Waals surface area (Å²) >= 11 is 0. The molecule has 7 nitrogen and oxygen atoms in total. The second-order valence-electron chi connectivity index (χ2n) is 4.97. The first kappa shape index (κ1) is 14.8. The number of primary sulfonamides is 1. The lowest BCUT2D eigenvalue weighted by Crippen LogP contribution is -2.48. The first-order valence-electron chi connectivity index (χ1n) is 6.07. The minimum absolute atomic E-state index is 0.108. The Bertz CT molecular complexity index is 632. The van der Waals surface area contributed by atoms with Gasteiger partial charge in [-0.25, -0.2) is 18.4 Å². The number of sulfonamides is 1. The number of carbonyl (C=O) groups is 1. The van der Waals surface area contributed by atoms with Gasteiger partial charge in [0.15, 0.2) is 0 Å². The molecule has 1 aliphatic rings. The second kappa shape index (κ2) is 5.04. The molecule has 1 fully saturated rings. The fourth-order valence-electron chi connectivity index (χ4n) is 2.20. The van der Waals surface area contributed by atoms with E-state index in [0.717, 1.165) is 25.3 Å². The van der Waals surface area contributed by atoms with Crippen LogP contribution in [0, 0.1) is 0 Å². The standard InChI is InChI=1S/C12H16N2O5S/c13-20(18,19)8-2-3-10(9(6-8)11(16)17)14-12(7-15)4-1-5-12/h2-3,6,14-15H,1,4-5,7H2,(H,16,17)(H2,13,18,19). The summed E-state index contributed by atoms with van der Waals surface area (Å²) in [4.78, 5) is 11.0. The molecule has 1 aromatic carbocycles. The van der Waals surface area contributed by atoms with Crippen molar-refractivity contribution in [2.24, 2.45) is 5.14 Å². The minimum Gasteiger partial charge on any atom is -0.478 e. The van der Waals surface area contributed by atoms with Crippen LogP contribution < -0.4 is 10.5 Å². The Labute approximate surface area is 116 Å². The van der Waals surface area contributed by atoms with Gasteiger partial charge in [-0.3, -0.25) is 0 Å². The average molecular weight is 300 g/mol. The summed E-state index contributed by atoms with van der Waals surface area (Å²) in [5, 5.41) is 26.6. The number of carboxylic acids is 1. The molecule has 8 heteroatoms. The number of carboxylic acid groups (broad SMARTS) is 1. The van der Waals surface area contributed by atoms with Crippen LogP contribution in [-0.2, 0) is 10.0 Å². The lowest BCUT2D eigenvalue weighted by molar-refractivity contribution is 0.0697. The van der Waals surface area contributed by atoms with Crippen molar-refractivity contribution in [3.8, 4) is 0 Å². The predicted molar refractivity (Wildman–Crippen MR) is 72.1 cm³/mol. The molecule has 0 aromatic heterocycles. The summed E-state index contributed by atoms with van der Waals surface area (Å²) in [6.45, 7) is -0.108. The Kier molecular flexibility index (Phi) is 3.72. The van der Waals surface area contributed by atoms with Gasteiger partial charge >= 0.3 is 5.97 Å². The Morgan fingerprint density at radius 3 is 2.45 bits per heavy atom. The van der Waals surface area contributed by atoms with E-state index >= 15 is 0 Å². The Balaban J connectivity index is 2.41. The van der Waals surface area contributed by atoms with Crippen LogP contribution in [0.5, 0.6) is 0 Å². The third kappa shape index (κ3) is 2.77. The van der Waals surface area contributed by atoms with Gasteiger partial charge < -0.3 is 15.5 Å². The lowest BCUT2D eigenvalue weighted by Gasteiger charge is -2.42. The van der Waals surface area contributed by atoms with Gasteiger partial charge in [0.2, 0.25) is 10.0 Å². The lowest BCUT2D eigenvalue weighted by atomic mass is 9.77. The summed E-state index contributed by atoms with van der Waals surface area (Å²) in [7, 11) is -3.96. The predicted octanol–water partition coefficient (Wildman–Crippen LogP) is 0.359. The molecule has 2 rings (SSSR count). The van der Waals surface area contributed by atoms with E-state index in [9.17, 15) is 23.4 Å². The number of nitrogens with two attached hydrogens (primary N) is 1. The SMILES string of the molecule is NS(=O)(=O)c1ccc(NC2(CO)CCC2)c(C(=O)O)c1. The first-order valence-corrected chi connectivity index (χ1v) is 7.61. The molecule has 110 valence electrons. The Hall–Kier alpha value is -1.64. The number of aliphatic hydroxyl groups excluding tert-OH is 1. The van der Waals surface area contributed by atoms with Crippen molar-refractivity contribution in [3.05, 3.63) is 23.8 Å². The van der Waals surface area contributed by atoms with Crippen molar-refractivity contribution in [1.82, 2.24) is 0 Å². The highest BCUT2D eigenvalue weighted by molar-refractivity contribution is 7.89. The molecule has 0 atom stereocenters. The van der Waals surface area contributed by atoms with E-state index in [0.29, 0.717) is 0 Å². The summed E-state index contributed by atoms with van der Waals surface area (Å²) in [5.41, 5.74) is -0.428. The van der Waals surface area contributed by atoms with Crippen molar-refractivity contribution < 1.29 is 23.4 Å².